The Morgan fingerprint density at radius 1 is 0.938 bits per heavy atom. The SMILES string of the molecule is CNC[C@@H]1CC[C@H](OC(C)c2cc(C(F)(F)F)cc(C(F)(F)F)c2)[C@H]1c1ccc(F)cc1. The highest BCUT2D eigenvalue weighted by molar-refractivity contribution is 5.35. The van der Waals surface area contributed by atoms with Crippen LogP contribution in [-0.4, -0.2) is 19.7 Å². The van der Waals surface area contributed by atoms with Gasteiger partial charge in [-0.05, 0) is 80.7 Å². The van der Waals surface area contributed by atoms with Gasteiger partial charge in [-0.25, -0.2) is 4.39 Å². The molecule has 1 aliphatic rings. The summed E-state index contributed by atoms with van der Waals surface area (Å²) < 4.78 is 98.7. The van der Waals surface area contributed by atoms with E-state index < -0.39 is 41.5 Å². The van der Waals surface area contributed by atoms with E-state index in [1.807, 2.05) is 0 Å². The van der Waals surface area contributed by atoms with E-state index in [-0.39, 0.29) is 23.5 Å². The van der Waals surface area contributed by atoms with Crippen molar-refractivity contribution < 1.29 is 35.5 Å². The van der Waals surface area contributed by atoms with Gasteiger partial charge in [-0.1, -0.05) is 12.1 Å². The molecular weight excluding hydrogens is 439 g/mol. The first kappa shape index (κ1) is 24.5. The number of benzene rings is 2. The van der Waals surface area contributed by atoms with Gasteiger partial charge in [0.05, 0.1) is 23.3 Å². The monoisotopic (exact) mass is 463 g/mol. The molecule has 1 N–H and O–H groups in total. The topological polar surface area (TPSA) is 21.3 Å². The molecule has 2 nitrogen and oxygen atoms in total. The molecule has 0 saturated heterocycles. The van der Waals surface area contributed by atoms with Crippen LogP contribution in [0, 0.1) is 11.7 Å². The van der Waals surface area contributed by atoms with Crippen LogP contribution in [0.1, 0.15) is 54.0 Å². The normalized spacial score (nSPS) is 22.8. The van der Waals surface area contributed by atoms with Crippen molar-refractivity contribution in [3.05, 3.63) is 70.5 Å². The Balaban J connectivity index is 1.90. The average Bonchev–Trinajstić information content (AvgIpc) is 3.09. The van der Waals surface area contributed by atoms with Crippen LogP contribution in [0.3, 0.4) is 0 Å². The molecule has 0 bridgehead atoms. The van der Waals surface area contributed by atoms with Crippen molar-refractivity contribution in [2.45, 2.75) is 50.2 Å². The summed E-state index contributed by atoms with van der Waals surface area (Å²) in [5, 5.41) is 3.09. The molecule has 0 aliphatic heterocycles. The van der Waals surface area contributed by atoms with Crippen molar-refractivity contribution in [2.75, 3.05) is 13.6 Å². The van der Waals surface area contributed by atoms with Gasteiger partial charge < -0.3 is 10.1 Å². The number of halogens is 7. The number of hydrogen-bond donors (Lipinski definition) is 1. The second-order valence-corrected chi connectivity index (χ2v) is 8.13. The van der Waals surface area contributed by atoms with Crippen molar-refractivity contribution in [3.8, 4) is 0 Å². The molecular formula is C23H24F7NO. The zero-order valence-electron chi connectivity index (χ0n) is 17.5. The fraction of sp³-hybridized carbons (Fsp3) is 0.478. The van der Waals surface area contributed by atoms with Gasteiger partial charge in [-0.15, -0.1) is 0 Å². The summed E-state index contributed by atoms with van der Waals surface area (Å²) in [7, 11) is 1.79. The van der Waals surface area contributed by atoms with Crippen LogP contribution in [0.2, 0.25) is 0 Å². The molecule has 9 heteroatoms. The molecule has 2 aromatic carbocycles. The number of ether oxygens (including phenoxy) is 1. The van der Waals surface area contributed by atoms with E-state index in [1.165, 1.54) is 19.1 Å². The van der Waals surface area contributed by atoms with Crippen molar-refractivity contribution in [3.63, 3.8) is 0 Å². The molecule has 0 aromatic heterocycles. The van der Waals surface area contributed by atoms with Gasteiger partial charge in [-0.2, -0.15) is 26.3 Å². The number of alkyl halides is 6. The lowest BCUT2D eigenvalue weighted by molar-refractivity contribution is -0.143. The van der Waals surface area contributed by atoms with Crippen LogP contribution in [0.4, 0.5) is 30.7 Å². The summed E-state index contributed by atoms with van der Waals surface area (Å²) in [5.74, 6) is -0.431. The predicted octanol–water partition coefficient (Wildman–Crippen LogP) is 6.72. The lowest BCUT2D eigenvalue weighted by Gasteiger charge is -2.28. The minimum absolute atomic E-state index is 0.107. The quantitative estimate of drug-likeness (QED) is 0.480. The zero-order valence-corrected chi connectivity index (χ0v) is 17.5. The smallest absolute Gasteiger partial charge is 0.370 e. The van der Waals surface area contributed by atoms with E-state index in [2.05, 4.69) is 5.32 Å². The van der Waals surface area contributed by atoms with Gasteiger partial charge in [-0.3, -0.25) is 0 Å². The van der Waals surface area contributed by atoms with Crippen molar-refractivity contribution >= 4 is 0 Å². The van der Waals surface area contributed by atoms with E-state index in [0.717, 1.165) is 12.0 Å². The van der Waals surface area contributed by atoms with Gasteiger partial charge >= 0.3 is 12.4 Å². The fourth-order valence-electron chi connectivity index (χ4n) is 4.41. The maximum absolute atomic E-state index is 13.4. The molecule has 0 radical (unpaired) electrons. The van der Waals surface area contributed by atoms with Crippen molar-refractivity contribution in [2.24, 2.45) is 5.92 Å². The molecule has 176 valence electrons. The molecule has 1 fully saturated rings. The second-order valence-electron chi connectivity index (χ2n) is 8.13. The summed E-state index contributed by atoms with van der Waals surface area (Å²) in [4.78, 5) is 0. The molecule has 1 saturated carbocycles. The molecule has 0 amide bonds. The van der Waals surface area contributed by atoms with Crippen LogP contribution in [0.5, 0.6) is 0 Å². The second kappa shape index (κ2) is 9.39. The van der Waals surface area contributed by atoms with Crippen LogP contribution in [0.15, 0.2) is 42.5 Å². The minimum Gasteiger partial charge on any atom is -0.370 e. The number of hydrogen-bond acceptors (Lipinski definition) is 2. The summed E-state index contributed by atoms with van der Waals surface area (Å²) in [6.07, 6.45) is -9.92. The highest BCUT2D eigenvalue weighted by Crippen LogP contribution is 2.44. The summed E-state index contributed by atoms with van der Waals surface area (Å²) in [5.41, 5.74) is -2.11. The molecule has 3 rings (SSSR count). The van der Waals surface area contributed by atoms with Crippen LogP contribution in [0.25, 0.3) is 0 Å². The van der Waals surface area contributed by atoms with Gasteiger partial charge in [0.2, 0.25) is 0 Å². The van der Waals surface area contributed by atoms with Crippen molar-refractivity contribution in [1.29, 1.82) is 0 Å². The Kier molecular flexibility index (Phi) is 7.19. The zero-order chi connectivity index (χ0) is 23.7. The Bertz CT molecular complexity index is 876. The lowest BCUT2D eigenvalue weighted by atomic mass is 9.87. The fourth-order valence-corrected chi connectivity index (χ4v) is 4.41. The van der Waals surface area contributed by atoms with Gasteiger partial charge in [0.1, 0.15) is 5.82 Å². The van der Waals surface area contributed by atoms with Crippen LogP contribution < -0.4 is 5.32 Å². The molecule has 32 heavy (non-hydrogen) atoms. The number of nitrogens with one attached hydrogen (secondary N) is 1. The third-order valence-corrected chi connectivity index (χ3v) is 5.91. The van der Waals surface area contributed by atoms with Crippen molar-refractivity contribution in [1.82, 2.24) is 5.32 Å². The van der Waals surface area contributed by atoms with Gasteiger partial charge in [0.15, 0.2) is 0 Å². The third-order valence-electron chi connectivity index (χ3n) is 5.91. The molecule has 1 aliphatic carbocycles. The first-order valence-corrected chi connectivity index (χ1v) is 10.2. The lowest BCUT2D eigenvalue weighted by Crippen LogP contribution is -2.27. The Labute approximate surface area is 181 Å². The summed E-state index contributed by atoms with van der Waals surface area (Å²) in [6, 6.07) is 7.44. The molecule has 1 unspecified atom stereocenters. The van der Waals surface area contributed by atoms with E-state index in [4.69, 9.17) is 4.74 Å². The van der Waals surface area contributed by atoms with E-state index in [9.17, 15) is 30.7 Å². The predicted molar refractivity (Wildman–Crippen MR) is 106 cm³/mol. The molecule has 4 atom stereocenters. The van der Waals surface area contributed by atoms with E-state index >= 15 is 0 Å². The van der Waals surface area contributed by atoms with Gasteiger partial charge in [0, 0.05) is 5.92 Å². The highest BCUT2D eigenvalue weighted by atomic mass is 19.4. The standard InChI is InChI=1S/C23H24F7NO/c1-13(16-9-17(22(25,26)27)11-18(10-16)23(28,29)30)32-20-8-5-15(12-31-2)21(20)14-3-6-19(24)7-4-14/h3-4,6-7,9-11,13,15,20-21,31H,5,8,12H2,1-2H3/t13?,15-,20-,21-/m0/s1. The van der Waals surface area contributed by atoms with E-state index in [1.54, 1.807) is 19.2 Å². The van der Waals surface area contributed by atoms with Gasteiger partial charge in [0.25, 0.3) is 0 Å². The number of rotatable bonds is 6. The Morgan fingerprint density at radius 2 is 1.50 bits per heavy atom. The summed E-state index contributed by atoms with van der Waals surface area (Å²) in [6.45, 7) is 2.10. The third kappa shape index (κ3) is 5.61. The Morgan fingerprint density at radius 3 is 2.00 bits per heavy atom. The molecule has 0 heterocycles. The minimum atomic E-state index is -4.92. The first-order valence-electron chi connectivity index (χ1n) is 10.2. The molecule has 2 aromatic rings. The average molecular weight is 463 g/mol. The maximum Gasteiger partial charge on any atom is 0.416 e. The molecule has 0 spiro atoms. The highest BCUT2D eigenvalue weighted by Gasteiger charge is 2.40. The van der Waals surface area contributed by atoms with E-state index in [0.29, 0.717) is 25.1 Å². The largest absolute Gasteiger partial charge is 0.416 e. The first-order chi connectivity index (χ1) is 14.9. The van der Waals surface area contributed by atoms with Crippen LogP contribution in [-0.2, 0) is 17.1 Å². The Hall–Kier alpha value is -2.13. The van der Waals surface area contributed by atoms with Crippen LogP contribution >= 0.6 is 0 Å². The maximum atomic E-state index is 13.4. The summed E-state index contributed by atoms with van der Waals surface area (Å²) >= 11 is 0.